The Balaban J connectivity index is 2.39. The van der Waals surface area contributed by atoms with Gasteiger partial charge in [0.2, 0.25) is 0 Å². The van der Waals surface area contributed by atoms with Crippen LogP contribution in [-0.4, -0.2) is 10.1 Å². The first kappa shape index (κ1) is 11.5. The van der Waals surface area contributed by atoms with Crippen molar-refractivity contribution in [2.75, 3.05) is 0 Å². The lowest BCUT2D eigenvalue weighted by Crippen LogP contribution is -2.09. The highest BCUT2D eigenvalue weighted by molar-refractivity contribution is 5.91. The van der Waals surface area contributed by atoms with Crippen LogP contribution in [-0.2, 0) is 0 Å². The van der Waals surface area contributed by atoms with E-state index in [0.29, 0.717) is 22.0 Å². The molecule has 0 saturated heterocycles. The van der Waals surface area contributed by atoms with E-state index in [0.717, 1.165) is 5.56 Å². The maximum atomic E-state index is 12.2. The van der Waals surface area contributed by atoms with Crippen LogP contribution in [0.15, 0.2) is 53.3 Å². The van der Waals surface area contributed by atoms with Gasteiger partial charge in [0, 0.05) is 5.39 Å². The van der Waals surface area contributed by atoms with Crippen molar-refractivity contribution in [1.82, 2.24) is 4.98 Å². The van der Waals surface area contributed by atoms with E-state index in [4.69, 9.17) is 0 Å². The van der Waals surface area contributed by atoms with Crippen molar-refractivity contribution in [2.24, 2.45) is 0 Å². The quantitative estimate of drug-likeness (QED) is 0.697. The summed E-state index contributed by atoms with van der Waals surface area (Å²) in [5.41, 5.74) is 2.44. The van der Waals surface area contributed by atoms with Crippen LogP contribution in [0.25, 0.3) is 22.0 Å². The first-order valence-corrected chi connectivity index (χ1v) is 6.08. The van der Waals surface area contributed by atoms with E-state index in [2.05, 4.69) is 4.98 Å². The molecule has 2 N–H and O–H groups in total. The van der Waals surface area contributed by atoms with Crippen LogP contribution in [0.1, 0.15) is 5.56 Å². The third-order valence-electron chi connectivity index (χ3n) is 3.20. The fourth-order valence-corrected chi connectivity index (χ4v) is 2.27. The maximum Gasteiger partial charge on any atom is 0.260 e. The molecule has 19 heavy (non-hydrogen) atoms. The van der Waals surface area contributed by atoms with Gasteiger partial charge in [-0.25, -0.2) is 0 Å². The fraction of sp³-hybridized carbons (Fsp3) is 0.0625. The van der Waals surface area contributed by atoms with Crippen molar-refractivity contribution < 1.29 is 5.11 Å². The molecule has 0 aliphatic carbocycles. The topological polar surface area (TPSA) is 53.1 Å². The van der Waals surface area contributed by atoms with Crippen LogP contribution in [0.3, 0.4) is 0 Å². The minimum Gasteiger partial charge on any atom is -0.506 e. The molecule has 3 rings (SSSR count). The first-order valence-electron chi connectivity index (χ1n) is 6.08. The molecule has 1 heterocycles. The molecule has 3 heteroatoms. The van der Waals surface area contributed by atoms with Gasteiger partial charge in [0.15, 0.2) is 0 Å². The van der Waals surface area contributed by atoms with Gasteiger partial charge in [0.05, 0.1) is 11.1 Å². The molecule has 3 nitrogen and oxygen atoms in total. The second-order valence-corrected chi connectivity index (χ2v) is 4.59. The molecule has 1 aromatic heterocycles. The van der Waals surface area contributed by atoms with Crippen LogP contribution in [0.5, 0.6) is 5.75 Å². The molecule has 0 saturated carbocycles. The highest BCUT2D eigenvalue weighted by Crippen LogP contribution is 2.31. The van der Waals surface area contributed by atoms with E-state index in [1.807, 2.05) is 55.5 Å². The minimum atomic E-state index is -0.276. The van der Waals surface area contributed by atoms with Gasteiger partial charge in [0.25, 0.3) is 5.56 Å². The molecule has 3 aromatic rings. The number of aryl methyl sites for hydroxylation is 1. The molecule has 0 bridgehead atoms. The second-order valence-electron chi connectivity index (χ2n) is 4.59. The van der Waals surface area contributed by atoms with Crippen LogP contribution < -0.4 is 5.56 Å². The van der Waals surface area contributed by atoms with Crippen molar-refractivity contribution in [3.8, 4) is 16.9 Å². The molecule has 0 radical (unpaired) electrons. The third kappa shape index (κ3) is 1.89. The number of hydrogen-bond donors (Lipinski definition) is 2. The van der Waals surface area contributed by atoms with E-state index < -0.39 is 0 Å². The van der Waals surface area contributed by atoms with Crippen LogP contribution >= 0.6 is 0 Å². The van der Waals surface area contributed by atoms with Gasteiger partial charge in [-0.3, -0.25) is 4.79 Å². The number of pyridine rings is 1. The monoisotopic (exact) mass is 251 g/mol. The molecule has 0 amide bonds. The van der Waals surface area contributed by atoms with E-state index >= 15 is 0 Å². The highest BCUT2D eigenvalue weighted by atomic mass is 16.3. The lowest BCUT2D eigenvalue weighted by atomic mass is 10.0. The van der Waals surface area contributed by atoms with Crippen molar-refractivity contribution >= 4 is 10.9 Å². The maximum absolute atomic E-state index is 12.2. The third-order valence-corrected chi connectivity index (χ3v) is 3.20. The highest BCUT2D eigenvalue weighted by Gasteiger charge is 2.13. The Morgan fingerprint density at radius 1 is 1.05 bits per heavy atom. The molecular formula is C16H13NO2. The van der Waals surface area contributed by atoms with Crippen LogP contribution in [0, 0.1) is 6.92 Å². The summed E-state index contributed by atoms with van der Waals surface area (Å²) in [7, 11) is 0. The van der Waals surface area contributed by atoms with Gasteiger partial charge < -0.3 is 10.1 Å². The number of H-pyrrole nitrogens is 1. The Hall–Kier alpha value is -2.55. The Kier molecular flexibility index (Phi) is 2.60. The molecular weight excluding hydrogens is 238 g/mol. The molecule has 0 fully saturated rings. The van der Waals surface area contributed by atoms with E-state index in [9.17, 15) is 9.90 Å². The average molecular weight is 251 g/mol. The fourth-order valence-electron chi connectivity index (χ4n) is 2.27. The van der Waals surface area contributed by atoms with Crippen LogP contribution in [0.2, 0.25) is 0 Å². The molecule has 0 unspecified atom stereocenters. The molecule has 94 valence electrons. The lowest BCUT2D eigenvalue weighted by molar-refractivity contribution is 0.482. The largest absolute Gasteiger partial charge is 0.506 e. The number of hydrogen-bond acceptors (Lipinski definition) is 2. The van der Waals surface area contributed by atoms with Gasteiger partial charge in [-0.15, -0.1) is 0 Å². The summed E-state index contributed by atoms with van der Waals surface area (Å²) < 4.78 is 0. The lowest BCUT2D eigenvalue weighted by Gasteiger charge is -2.08. The van der Waals surface area contributed by atoms with E-state index in [-0.39, 0.29) is 11.3 Å². The predicted octanol–water partition coefficient (Wildman–Crippen LogP) is 3.21. The summed E-state index contributed by atoms with van der Waals surface area (Å²) in [6.45, 7) is 1.94. The van der Waals surface area contributed by atoms with Gasteiger partial charge in [-0.1, -0.05) is 36.4 Å². The van der Waals surface area contributed by atoms with E-state index in [1.54, 1.807) is 0 Å². The molecule has 0 aliphatic heterocycles. The zero-order chi connectivity index (χ0) is 13.4. The molecule has 0 aliphatic rings. The second kappa shape index (κ2) is 4.28. The standard InChI is InChI=1S/C16H13NO2/c1-10-7-8-12-13(9-10)17-16(19)14(15(12)18)11-5-3-2-4-6-11/h2-9H,1H3,(H2,17,18,19). The minimum absolute atomic E-state index is 0.0324. The summed E-state index contributed by atoms with van der Waals surface area (Å²) in [5, 5.41) is 11.0. The number of fused-ring (bicyclic) bond motifs is 1. The van der Waals surface area contributed by atoms with Crippen molar-refractivity contribution in [1.29, 1.82) is 0 Å². The number of nitrogens with one attached hydrogen (secondary N) is 1. The SMILES string of the molecule is Cc1ccc2c(O)c(-c3ccccc3)c(=O)[nH]c2c1. The number of aromatic nitrogens is 1. The zero-order valence-electron chi connectivity index (χ0n) is 10.5. The summed E-state index contributed by atoms with van der Waals surface area (Å²) in [4.78, 5) is 15.0. The van der Waals surface area contributed by atoms with Crippen molar-refractivity contribution in [3.05, 3.63) is 64.4 Å². The Morgan fingerprint density at radius 3 is 2.53 bits per heavy atom. The predicted molar refractivity (Wildman–Crippen MR) is 76.4 cm³/mol. The molecule has 2 aromatic carbocycles. The number of aromatic amines is 1. The summed E-state index contributed by atoms with van der Waals surface area (Å²) >= 11 is 0. The molecule has 0 spiro atoms. The Bertz CT molecular complexity index is 804. The molecule has 0 atom stereocenters. The zero-order valence-corrected chi connectivity index (χ0v) is 10.5. The summed E-state index contributed by atoms with van der Waals surface area (Å²) in [5.74, 6) is 0.0324. The van der Waals surface area contributed by atoms with Gasteiger partial charge in [0.1, 0.15) is 5.75 Å². The number of rotatable bonds is 1. The smallest absolute Gasteiger partial charge is 0.260 e. The van der Waals surface area contributed by atoms with E-state index in [1.165, 1.54) is 0 Å². The number of aromatic hydroxyl groups is 1. The summed E-state index contributed by atoms with van der Waals surface area (Å²) in [6.07, 6.45) is 0. The van der Waals surface area contributed by atoms with Crippen molar-refractivity contribution in [3.63, 3.8) is 0 Å². The van der Waals surface area contributed by atoms with Crippen LogP contribution in [0.4, 0.5) is 0 Å². The van der Waals surface area contributed by atoms with Gasteiger partial charge in [-0.05, 0) is 30.2 Å². The summed E-state index contributed by atoms with van der Waals surface area (Å²) in [6, 6.07) is 14.8. The number of benzene rings is 2. The van der Waals surface area contributed by atoms with Gasteiger partial charge >= 0.3 is 0 Å². The normalized spacial score (nSPS) is 10.8. The van der Waals surface area contributed by atoms with Gasteiger partial charge in [-0.2, -0.15) is 0 Å². The Labute approximate surface area is 110 Å². The average Bonchev–Trinajstić information content (AvgIpc) is 2.39. The Morgan fingerprint density at radius 2 is 1.79 bits per heavy atom. The first-order chi connectivity index (χ1) is 9.16. The van der Waals surface area contributed by atoms with Crippen molar-refractivity contribution in [2.45, 2.75) is 6.92 Å².